The highest BCUT2D eigenvalue weighted by atomic mass is 35.5. The number of alkyl halides is 3. The summed E-state index contributed by atoms with van der Waals surface area (Å²) < 4.78 is 46.9. The summed E-state index contributed by atoms with van der Waals surface area (Å²) >= 11 is 8.59. The molecule has 15 heteroatoms. The summed E-state index contributed by atoms with van der Waals surface area (Å²) in [6.07, 6.45) is -4.14. The minimum Gasteiger partial charge on any atom is -0.489 e. The largest absolute Gasteiger partial charge is 0.489 e. The van der Waals surface area contributed by atoms with Crippen LogP contribution in [0.15, 0.2) is 76.6 Å². The molecule has 2 aliphatic carbocycles. The molecule has 2 saturated carbocycles. The van der Waals surface area contributed by atoms with Gasteiger partial charge in [0.15, 0.2) is 0 Å². The van der Waals surface area contributed by atoms with Gasteiger partial charge in [0.05, 0.1) is 33.0 Å². The van der Waals surface area contributed by atoms with Crippen LogP contribution in [0.25, 0.3) is 0 Å². The van der Waals surface area contributed by atoms with E-state index in [1.165, 1.54) is 42.1 Å². The molecule has 2 bridgehead atoms. The molecular weight excluding hydrogens is 691 g/mol. The Kier molecular flexibility index (Phi) is 7.27. The molecule has 5 unspecified atom stereocenters. The lowest BCUT2D eigenvalue weighted by atomic mass is 9.68. The first kappa shape index (κ1) is 31.1. The number of H-pyrrole nitrogens is 1. The van der Waals surface area contributed by atoms with E-state index in [2.05, 4.69) is 4.98 Å². The van der Waals surface area contributed by atoms with Crippen molar-refractivity contribution in [1.29, 1.82) is 0 Å². The Bertz CT molecular complexity index is 2090. The van der Waals surface area contributed by atoms with Crippen LogP contribution in [0.2, 0.25) is 5.02 Å². The summed E-state index contributed by atoms with van der Waals surface area (Å²) in [4.78, 5) is 56.3. The normalized spacial score (nSPS) is 27.2. The van der Waals surface area contributed by atoms with Crippen molar-refractivity contribution in [1.82, 2.24) is 4.98 Å². The van der Waals surface area contributed by atoms with Gasteiger partial charge in [-0.25, -0.2) is 0 Å². The van der Waals surface area contributed by atoms with Gasteiger partial charge in [0.2, 0.25) is 11.8 Å². The number of thiazole rings is 1. The molecule has 4 aromatic rings. The van der Waals surface area contributed by atoms with Gasteiger partial charge in [0.25, 0.3) is 5.69 Å². The lowest BCUT2D eigenvalue weighted by Crippen LogP contribution is -2.42. The molecule has 48 heavy (non-hydrogen) atoms. The van der Waals surface area contributed by atoms with Crippen LogP contribution in [-0.2, 0) is 22.4 Å². The number of nitro groups is 1. The second-order valence-electron chi connectivity index (χ2n) is 12.4. The van der Waals surface area contributed by atoms with Crippen LogP contribution in [-0.4, -0.2) is 27.0 Å². The van der Waals surface area contributed by atoms with Crippen LogP contribution < -0.4 is 14.5 Å². The van der Waals surface area contributed by atoms with Crippen LogP contribution in [0, 0.1) is 39.7 Å². The Morgan fingerprint density at radius 3 is 2.48 bits per heavy atom. The van der Waals surface area contributed by atoms with E-state index >= 15 is 0 Å². The van der Waals surface area contributed by atoms with E-state index in [1.54, 1.807) is 18.2 Å². The summed E-state index contributed by atoms with van der Waals surface area (Å²) in [7, 11) is 0. The summed E-state index contributed by atoms with van der Waals surface area (Å²) in [5.41, 5.74) is -0.0193. The van der Waals surface area contributed by atoms with Crippen molar-refractivity contribution >= 4 is 57.9 Å². The van der Waals surface area contributed by atoms with Crippen molar-refractivity contribution in [3.05, 3.63) is 113 Å². The zero-order valence-corrected chi connectivity index (χ0v) is 26.9. The molecule has 2 aliphatic heterocycles. The third-order valence-corrected chi connectivity index (χ3v) is 12.8. The number of carbonyl (C=O) groups excluding carboxylic acids is 2. The number of nitrogens with zero attached hydrogens (tertiary/aromatic N) is 2. The summed E-state index contributed by atoms with van der Waals surface area (Å²) in [6.45, 7) is 0.104. The predicted molar refractivity (Wildman–Crippen MR) is 171 cm³/mol. The number of hydrogen-bond donors (Lipinski definition) is 1. The molecule has 7 atom stereocenters. The number of halogens is 4. The van der Waals surface area contributed by atoms with E-state index in [0.29, 0.717) is 32.7 Å². The van der Waals surface area contributed by atoms with Gasteiger partial charge in [-0.1, -0.05) is 41.1 Å². The summed E-state index contributed by atoms with van der Waals surface area (Å²) in [6, 6.07) is 15.6. The number of nitrogens with one attached hydrogen (secondary N) is 1. The van der Waals surface area contributed by atoms with E-state index < -0.39 is 46.2 Å². The Balaban J connectivity index is 1.21. The fourth-order valence-electron chi connectivity index (χ4n) is 8.25. The average molecular weight is 714 g/mol. The molecule has 246 valence electrons. The van der Waals surface area contributed by atoms with Crippen molar-refractivity contribution in [2.24, 2.45) is 29.6 Å². The number of non-ortho nitro benzene ring substituents is 1. The number of ether oxygens (including phenoxy) is 1. The predicted octanol–water partition coefficient (Wildman–Crippen LogP) is 7.27. The van der Waals surface area contributed by atoms with Crippen molar-refractivity contribution in [3.63, 3.8) is 0 Å². The summed E-state index contributed by atoms with van der Waals surface area (Å²) in [5.74, 6) is -3.84. The van der Waals surface area contributed by atoms with E-state index in [0.717, 1.165) is 33.9 Å². The SMILES string of the molecule is O=C1C2C(C(=O)N1c1cccc(C(F)(F)F)c1)[C@@H]1C[C@H]2C2Sc3[nH]c(=O)sc3C(c3cc([N+](=O)[O-])ccc3OCc3cccc(Cl)c3)C21. The van der Waals surface area contributed by atoms with Gasteiger partial charge in [0.1, 0.15) is 12.4 Å². The van der Waals surface area contributed by atoms with E-state index in [-0.39, 0.29) is 45.9 Å². The van der Waals surface area contributed by atoms with Crippen LogP contribution in [0.1, 0.15) is 33.9 Å². The van der Waals surface area contributed by atoms with Gasteiger partial charge in [0, 0.05) is 38.8 Å². The highest BCUT2D eigenvalue weighted by molar-refractivity contribution is 8.00. The number of fused-ring (bicyclic) bond motifs is 9. The maximum absolute atomic E-state index is 14.1. The van der Waals surface area contributed by atoms with Gasteiger partial charge in [-0.15, -0.1) is 11.8 Å². The molecule has 0 radical (unpaired) electrons. The maximum atomic E-state index is 14.1. The Morgan fingerprint density at radius 2 is 1.75 bits per heavy atom. The number of carbonyl (C=O) groups is 2. The van der Waals surface area contributed by atoms with E-state index in [9.17, 15) is 37.7 Å². The van der Waals surface area contributed by atoms with Crippen LogP contribution >= 0.6 is 34.7 Å². The number of benzene rings is 3. The van der Waals surface area contributed by atoms with Crippen molar-refractivity contribution < 1.29 is 32.4 Å². The first-order valence-corrected chi connectivity index (χ1v) is 17.1. The number of rotatable bonds is 6. The number of hydrogen-bond acceptors (Lipinski definition) is 8. The number of aromatic amines is 1. The molecule has 9 nitrogen and oxygen atoms in total. The molecule has 2 amide bonds. The first-order valence-electron chi connectivity index (χ1n) is 15.0. The minimum absolute atomic E-state index is 0.104. The highest BCUT2D eigenvalue weighted by Gasteiger charge is 2.70. The molecule has 8 rings (SSSR count). The third kappa shape index (κ3) is 4.86. The smallest absolute Gasteiger partial charge is 0.416 e. The summed E-state index contributed by atoms with van der Waals surface area (Å²) in [5, 5.41) is 12.8. The van der Waals surface area contributed by atoms with Crippen molar-refractivity contribution in [2.45, 2.75) is 35.4 Å². The van der Waals surface area contributed by atoms with Gasteiger partial charge in [-0.3, -0.25) is 29.4 Å². The monoisotopic (exact) mass is 713 g/mol. The molecule has 3 aromatic carbocycles. The average Bonchev–Trinajstić information content (AvgIpc) is 3.78. The second-order valence-corrected chi connectivity index (χ2v) is 15.1. The lowest BCUT2D eigenvalue weighted by Gasteiger charge is -2.43. The Hall–Kier alpha value is -4.14. The van der Waals surface area contributed by atoms with Gasteiger partial charge in [-0.2, -0.15) is 13.2 Å². The highest BCUT2D eigenvalue weighted by Crippen LogP contribution is 2.69. The van der Waals surface area contributed by atoms with Crippen molar-refractivity contribution in [2.75, 3.05) is 4.90 Å². The van der Waals surface area contributed by atoms with Gasteiger partial charge < -0.3 is 9.72 Å². The molecule has 4 aliphatic rings. The molecule has 3 fully saturated rings. The third-order valence-electron chi connectivity index (χ3n) is 9.98. The van der Waals surface area contributed by atoms with Crippen LogP contribution in [0.3, 0.4) is 0 Å². The fraction of sp³-hybridized carbons (Fsp3) is 0.303. The fourth-order valence-corrected chi connectivity index (χ4v) is 11.3. The zero-order chi connectivity index (χ0) is 33.6. The first-order chi connectivity index (χ1) is 22.9. The molecule has 1 N–H and O–H groups in total. The number of amides is 2. The Morgan fingerprint density at radius 1 is 1.00 bits per heavy atom. The van der Waals surface area contributed by atoms with Crippen LogP contribution in [0.5, 0.6) is 5.75 Å². The number of thioether (sulfide) groups is 1. The number of nitro benzene ring substituents is 1. The maximum Gasteiger partial charge on any atom is 0.416 e. The van der Waals surface area contributed by atoms with E-state index in [4.69, 9.17) is 16.3 Å². The van der Waals surface area contributed by atoms with Crippen molar-refractivity contribution in [3.8, 4) is 5.75 Å². The lowest BCUT2D eigenvalue weighted by molar-refractivity contribution is -0.385. The molecule has 1 saturated heterocycles. The number of anilines is 1. The second kappa shape index (κ2) is 11.2. The van der Waals surface area contributed by atoms with Crippen LogP contribution in [0.4, 0.5) is 24.5 Å². The number of imide groups is 1. The Labute approximate surface area is 283 Å². The number of aromatic nitrogens is 1. The molecule has 1 aromatic heterocycles. The topological polar surface area (TPSA) is 123 Å². The quantitative estimate of drug-likeness (QED) is 0.127. The van der Waals surface area contributed by atoms with Gasteiger partial charge >= 0.3 is 11.0 Å². The van der Waals surface area contributed by atoms with E-state index in [1.807, 2.05) is 6.07 Å². The molecule has 3 heterocycles. The molecular formula is C33H23ClF3N3O6S2. The standard InChI is InChI=1S/C33H23ClF3N3O6S2/c34-16-5-1-3-14(9-16)13-46-22-8-7-18(40(44)45)11-19(22)23-24-20-12-21(27(24)47-29-28(23)48-32(43)38-29)26-25(20)30(41)39(31(26)42)17-6-2-4-15(10-17)33(35,36)37/h1-11,20-21,23-27H,12-13H2,(H,38,43)/t20-,21-,23?,24?,25?,26?,27?/m1/s1. The minimum atomic E-state index is -4.66. The zero-order valence-electron chi connectivity index (χ0n) is 24.5. The molecule has 0 spiro atoms. The van der Waals surface area contributed by atoms with Gasteiger partial charge in [-0.05, 0) is 66.1 Å².